The van der Waals surface area contributed by atoms with E-state index in [9.17, 15) is 4.79 Å². The first-order chi connectivity index (χ1) is 11.0. The maximum absolute atomic E-state index is 11.8. The van der Waals surface area contributed by atoms with Crippen molar-refractivity contribution < 1.29 is 9.53 Å². The van der Waals surface area contributed by atoms with Gasteiger partial charge in [-0.05, 0) is 32.0 Å². The third kappa shape index (κ3) is 5.79. The lowest BCUT2D eigenvalue weighted by atomic mass is 10.1. The smallest absolute Gasteiger partial charge is 0.277 e. The third-order valence-corrected chi connectivity index (χ3v) is 4.49. The first-order valence-electron chi connectivity index (χ1n) is 7.62. The van der Waals surface area contributed by atoms with Crippen molar-refractivity contribution in [1.82, 2.24) is 10.3 Å². The van der Waals surface area contributed by atoms with Gasteiger partial charge in [-0.2, -0.15) is 5.10 Å². The van der Waals surface area contributed by atoms with Crippen molar-refractivity contribution in [3.8, 4) is 5.75 Å². The van der Waals surface area contributed by atoms with Gasteiger partial charge < -0.3 is 9.64 Å². The van der Waals surface area contributed by atoms with Crippen LogP contribution in [0.3, 0.4) is 0 Å². The first kappa shape index (κ1) is 18.2. The molecule has 1 aliphatic rings. The van der Waals surface area contributed by atoms with Crippen LogP contribution in [0.4, 0.5) is 0 Å². The van der Waals surface area contributed by atoms with Crippen molar-refractivity contribution in [2.45, 2.75) is 32.7 Å². The summed E-state index contributed by atoms with van der Waals surface area (Å²) in [6.45, 7) is 6.23. The highest BCUT2D eigenvalue weighted by Gasteiger charge is 2.17. The van der Waals surface area contributed by atoms with Crippen molar-refractivity contribution >= 4 is 39.1 Å². The molecule has 0 aromatic heterocycles. The van der Waals surface area contributed by atoms with Crippen molar-refractivity contribution in [3.63, 3.8) is 0 Å². The van der Waals surface area contributed by atoms with Gasteiger partial charge in [0.1, 0.15) is 5.75 Å². The Hall–Kier alpha value is -1.11. The van der Waals surface area contributed by atoms with Crippen molar-refractivity contribution in [2.75, 3.05) is 19.7 Å². The van der Waals surface area contributed by atoms with Gasteiger partial charge in [0.05, 0.1) is 5.02 Å². The molecule has 2 rings (SSSR count). The average molecular weight is 403 g/mol. The number of carbonyl (C=O) groups excluding carboxylic acids is 1. The molecule has 1 aromatic rings. The van der Waals surface area contributed by atoms with Crippen LogP contribution in [0.1, 0.15) is 26.7 Å². The fourth-order valence-electron chi connectivity index (χ4n) is 2.32. The van der Waals surface area contributed by atoms with Crippen LogP contribution in [0.15, 0.2) is 27.8 Å². The van der Waals surface area contributed by atoms with E-state index >= 15 is 0 Å². The van der Waals surface area contributed by atoms with Crippen molar-refractivity contribution in [1.29, 1.82) is 0 Å². The first-order valence-corrected chi connectivity index (χ1v) is 8.79. The zero-order valence-corrected chi connectivity index (χ0v) is 15.7. The van der Waals surface area contributed by atoms with Gasteiger partial charge in [0, 0.05) is 42.2 Å². The standard InChI is InChI=1S/C16H21BrClN3O2/c1-11(2)21-7-5-13(6-8-21)19-20-16(22)10-23-15-4-3-12(17)9-14(15)18/h3-4,9,11H,5-8,10H2,1-2H3,(H,20,22). The molecule has 0 spiro atoms. The minimum atomic E-state index is -0.289. The highest BCUT2D eigenvalue weighted by molar-refractivity contribution is 9.10. The molecule has 0 bridgehead atoms. The second-order valence-corrected chi connectivity index (χ2v) is 7.03. The number of nitrogens with one attached hydrogen (secondary N) is 1. The van der Waals surface area contributed by atoms with Crippen LogP contribution in [-0.2, 0) is 4.79 Å². The maximum atomic E-state index is 11.8. The van der Waals surface area contributed by atoms with Gasteiger partial charge in [-0.1, -0.05) is 27.5 Å². The van der Waals surface area contributed by atoms with Crippen LogP contribution in [0.5, 0.6) is 5.75 Å². The zero-order chi connectivity index (χ0) is 16.8. The van der Waals surface area contributed by atoms with Crippen molar-refractivity contribution in [2.24, 2.45) is 5.10 Å². The number of benzene rings is 1. The Morgan fingerprint density at radius 3 is 2.74 bits per heavy atom. The number of rotatable bonds is 5. The molecule has 1 saturated heterocycles. The molecule has 1 N–H and O–H groups in total. The van der Waals surface area contributed by atoms with E-state index in [0.717, 1.165) is 36.1 Å². The Bertz CT molecular complexity index is 583. The Labute approximate surface area is 150 Å². The summed E-state index contributed by atoms with van der Waals surface area (Å²) in [6.07, 6.45) is 1.77. The maximum Gasteiger partial charge on any atom is 0.277 e. The molecule has 0 aliphatic carbocycles. The van der Waals surface area contributed by atoms with E-state index < -0.39 is 0 Å². The van der Waals surface area contributed by atoms with E-state index in [1.165, 1.54) is 0 Å². The lowest BCUT2D eigenvalue weighted by Gasteiger charge is -2.30. The summed E-state index contributed by atoms with van der Waals surface area (Å²) in [7, 11) is 0. The number of hydrazone groups is 1. The SMILES string of the molecule is CC(C)N1CCC(=NNC(=O)COc2ccc(Br)cc2Cl)CC1. The fraction of sp³-hybridized carbons (Fsp3) is 0.500. The largest absolute Gasteiger partial charge is 0.482 e. The fourth-order valence-corrected chi connectivity index (χ4v) is 3.05. The van der Waals surface area contributed by atoms with Crippen LogP contribution in [0.25, 0.3) is 0 Å². The van der Waals surface area contributed by atoms with Crippen LogP contribution in [-0.4, -0.2) is 42.3 Å². The molecule has 1 aliphatic heterocycles. The highest BCUT2D eigenvalue weighted by atomic mass is 79.9. The van der Waals surface area contributed by atoms with Crippen LogP contribution in [0, 0.1) is 0 Å². The van der Waals surface area contributed by atoms with Gasteiger partial charge in [0.25, 0.3) is 5.91 Å². The van der Waals surface area contributed by atoms with Gasteiger partial charge in [-0.15, -0.1) is 0 Å². The van der Waals surface area contributed by atoms with Crippen LogP contribution in [0.2, 0.25) is 5.02 Å². The summed E-state index contributed by atoms with van der Waals surface area (Å²) in [6, 6.07) is 5.79. The Kier molecular flexibility index (Phi) is 6.87. The molecule has 1 heterocycles. The minimum Gasteiger partial charge on any atom is -0.482 e. The molecule has 0 radical (unpaired) electrons. The number of hydrogen-bond acceptors (Lipinski definition) is 4. The third-order valence-electron chi connectivity index (χ3n) is 3.70. The molecule has 23 heavy (non-hydrogen) atoms. The molecule has 1 amide bonds. The Balaban J connectivity index is 1.76. The van der Waals surface area contributed by atoms with Crippen LogP contribution < -0.4 is 10.2 Å². The van der Waals surface area contributed by atoms with Gasteiger partial charge >= 0.3 is 0 Å². The van der Waals surface area contributed by atoms with E-state index in [1.807, 2.05) is 6.07 Å². The predicted octanol–water partition coefficient (Wildman–Crippen LogP) is 3.46. The summed E-state index contributed by atoms with van der Waals surface area (Å²) in [4.78, 5) is 14.2. The molecule has 1 aromatic carbocycles. The van der Waals surface area contributed by atoms with Gasteiger partial charge in [-0.3, -0.25) is 4.79 Å². The van der Waals surface area contributed by atoms with Gasteiger partial charge in [0.15, 0.2) is 6.61 Å². The highest BCUT2D eigenvalue weighted by Crippen LogP contribution is 2.27. The minimum absolute atomic E-state index is 0.115. The van der Waals surface area contributed by atoms with E-state index in [-0.39, 0.29) is 12.5 Å². The topological polar surface area (TPSA) is 53.9 Å². The zero-order valence-electron chi connectivity index (χ0n) is 13.3. The van der Waals surface area contributed by atoms with E-state index in [0.29, 0.717) is 16.8 Å². The normalized spacial score (nSPS) is 15.6. The summed E-state index contributed by atoms with van der Waals surface area (Å²) in [5.74, 6) is 0.186. The van der Waals surface area contributed by atoms with E-state index in [4.69, 9.17) is 16.3 Å². The number of amides is 1. The summed E-state index contributed by atoms with van der Waals surface area (Å²) >= 11 is 9.35. The molecule has 0 unspecified atom stereocenters. The summed E-state index contributed by atoms with van der Waals surface area (Å²) < 4.78 is 6.26. The molecule has 7 heteroatoms. The van der Waals surface area contributed by atoms with Crippen molar-refractivity contribution in [3.05, 3.63) is 27.7 Å². The van der Waals surface area contributed by atoms with E-state index in [2.05, 4.69) is 45.2 Å². The molecular formula is C16H21BrClN3O2. The number of halogens is 2. The van der Waals surface area contributed by atoms with Gasteiger partial charge in [0.2, 0.25) is 0 Å². The molecule has 1 fully saturated rings. The molecule has 0 saturated carbocycles. The number of hydrogen-bond donors (Lipinski definition) is 1. The lowest BCUT2D eigenvalue weighted by molar-refractivity contribution is -0.123. The van der Waals surface area contributed by atoms with Crippen LogP contribution >= 0.6 is 27.5 Å². The number of likely N-dealkylation sites (tertiary alicyclic amines) is 1. The number of nitrogens with zero attached hydrogens (tertiary/aromatic N) is 2. The number of ether oxygens (including phenoxy) is 1. The summed E-state index contributed by atoms with van der Waals surface area (Å²) in [5.41, 5.74) is 3.58. The molecule has 5 nitrogen and oxygen atoms in total. The van der Waals surface area contributed by atoms with Gasteiger partial charge in [-0.25, -0.2) is 5.43 Å². The second kappa shape index (κ2) is 8.66. The Morgan fingerprint density at radius 1 is 1.43 bits per heavy atom. The molecule has 126 valence electrons. The molecular weight excluding hydrogens is 382 g/mol. The Morgan fingerprint density at radius 2 is 2.13 bits per heavy atom. The number of piperidine rings is 1. The summed E-state index contributed by atoms with van der Waals surface area (Å²) in [5, 5.41) is 4.65. The average Bonchev–Trinajstić information content (AvgIpc) is 2.52. The number of carbonyl (C=O) groups is 1. The predicted molar refractivity (Wildman–Crippen MR) is 96.2 cm³/mol. The molecule has 0 atom stereocenters. The lowest BCUT2D eigenvalue weighted by Crippen LogP contribution is -2.39. The second-order valence-electron chi connectivity index (χ2n) is 5.71. The van der Waals surface area contributed by atoms with E-state index in [1.54, 1.807) is 12.1 Å². The quantitative estimate of drug-likeness (QED) is 0.767. The monoisotopic (exact) mass is 401 g/mol.